The molecule has 5 heteroatoms. The van der Waals surface area contributed by atoms with Crippen LogP contribution in [-0.2, 0) is 0 Å². The van der Waals surface area contributed by atoms with E-state index in [0.717, 1.165) is 5.56 Å². The van der Waals surface area contributed by atoms with E-state index in [4.69, 9.17) is 5.41 Å². The van der Waals surface area contributed by atoms with Crippen LogP contribution in [0.2, 0.25) is 0 Å². The molecule has 78 valence electrons. The van der Waals surface area contributed by atoms with Crippen molar-refractivity contribution in [2.75, 3.05) is 6.26 Å². The Balaban J connectivity index is 2.22. The summed E-state index contributed by atoms with van der Waals surface area (Å²) in [7, 11) is 0. The van der Waals surface area contributed by atoms with Crippen molar-refractivity contribution in [1.82, 2.24) is 10.6 Å². The van der Waals surface area contributed by atoms with Crippen LogP contribution in [0.4, 0.5) is 4.79 Å². The first-order chi connectivity index (χ1) is 7.20. The van der Waals surface area contributed by atoms with Crippen molar-refractivity contribution in [2.24, 2.45) is 0 Å². The molecule has 1 aromatic carbocycles. The number of rotatable bonds is 2. The molecule has 1 unspecified atom stereocenters. The molecule has 0 aromatic heterocycles. The maximum absolute atomic E-state index is 11.0. The van der Waals surface area contributed by atoms with Gasteiger partial charge in [0.15, 0.2) is 0 Å². The lowest BCUT2D eigenvalue weighted by Crippen LogP contribution is -2.22. The van der Waals surface area contributed by atoms with Crippen LogP contribution in [-0.4, -0.2) is 18.1 Å². The molecule has 0 spiro atoms. The molecule has 0 aliphatic carbocycles. The van der Waals surface area contributed by atoms with Crippen LogP contribution >= 0.6 is 11.8 Å². The molecule has 4 nitrogen and oxygen atoms in total. The molecule has 1 aliphatic heterocycles. The van der Waals surface area contributed by atoms with Gasteiger partial charge < -0.3 is 5.32 Å². The molecule has 3 N–H and O–H groups in total. The second-order valence-corrected chi connectivity index (χ2v) is 4.10. The molecule has 0 radical (unpaired) electrons. The molecule has 1 aliphatic rings. The minimum atomic E-state index is -0.326. The van der Waals surface area contributed by atoms with Crippen molar-refractivity contribution >= 4 is 23.6 Å². The van der Waals surface area contributed by atoms with E-state index in [0.29, 0.717) is 0 Å². The van der Waals surface area contributed by atoms with E-state index in [2.05, 4.69) is 10.6 Å². The highest BCUT2D eigenvalue weighted by Crippen LogP contribution is 2.20. The van der Waals surface area contributed by atoms with Crippen LogP contribution in [0.3, 0.4) is 0 Å². The molecular weight excluding hydrogens is 210 g/mol. The molecule has 1 aromatic rings. The van der Waals surface area contributed by atoms with E-state index < -0.39 is 0 Å². The molecule has 2 amide bonds. The van der Waals surface area contributed by atoms with Crippen LogP contribution in [0.25, 0.3) is 0 Å². The summed E-state index contributed by atoms with van der Waals surface area (Å²) in [5.74, 6) is 0.205. The number of amides is 2. The Morgan fingerprint density at radius 3 is 2.47 bits per heavy atom. The minimum absolute atomic E-state index is 0.205. The fourth-order valence-electron chi connectivity index (χ4n) is 1.48. The van der Waals surface area contributed by atoms with Gasteiger partial charge in [0.05, 0.1) is 0 Å². The Morgan fingerprint density at radius 2 is 2.00 bits per heavy atom. The first-order valence-corrected chi connectivity index (χ1v) is 5.73. The summed E-state index contributed by atoms with van der Waals surface area (Å²) in [6.07, 6.45) is 2.01. The lowest BCUT2D eigenvalue weighted by atomic mass is 10.1. The molecule has 0 bridgehead atoms. The van der Waals surface area contributed by atoms with Gasteiger partial charge in [0.25, 0.3) is 0 Å². The van der Waals surface area contributed by atoms with Crippen LogP contribution in [0, 0.1) is 5.41 Å². The Bertz CT molecular complexity index is 402. The molecule has 2 rings (SSSR count). The second kappa shape index (κ2) is 3.94. The number of benzene rings is 1. The first-order valence-electron chi connectivity index (χ1n) is 4.50. The second-order valence-electron chi connectivity index (χ2n) is 3.22. The zero-order valence-electron chi connectivity index (χ0n) is 8.20. The molecular formula is C10H11N3OS. The van der Waals surface area contributed by atoms with Crippen molar-refractivity contribution in [2.45, 2.75) is 10.9 Å². The Hall–Kier alpha value is -1.49. The number of urea groups is 1. The third-order valence-electron chi connectivity index (χ3n) is 2.26. The van der Waals surface area contributed by atoms with E-state index in [1.807, 2.05) is 30.5 Å². The third kappa shape index (κ3) is 1.97. The summed E-state index contributed by atoms with van der Waals surface area (Å²) in [5, 5.41) is 12.7. The van der Waals surface area contributed by atoms with E-state index in [-0.39, 0.29) is 17.9 Å². The summed E-state index contributed by atoms with van der Waals surface area (Å²) >= 11 is 1.66. The summed E-state index contributed by atoms with van der Waals surface area (Å²) < 4.78 is 0. The van der Waals surface area contributed by atoms with E-state index in [1.54, 1.807) is 11.8 Å². The van der Waals surface area contributed by atoms with Crippen LogP contribution in [0.1, 0.15) is 11.6 Å². The number of amidine groups is 1. The average molecular weight is 221 g/mol. The van der Waals surface area contributed by atoms with Crippen molar-refractivity contribution < 1.29 is 4.79 Å². The SMILES string of the molecule is CSc1ccc(C2NC(=O)NC2=N)cc1. The van der Waals surface area contributed by atoms with Gasteiger partial charge in [-0.1, -0.05) is 12.1 Å². The molecule has 0 saturated carbocycles. The fraction of sp³-hybridized carbons (Fsp3) is 0.200. The highest BCUT2D eigenvalue weighted by Gasteiger charge is 2.27. The quantitative estimate of drug-likeness (QED) is 0.666. The van der Waals surface area contributed by atoms with Gasteiger partial charge in [-0.15, -0.1) is 11.8 Å². The number of carbonyl (C=O) groups excluding carboxylic acids is 1. The lowest BCUT2D eigenvalue weighted by molar-refractivity contribution is 0.248. The normalized spacial score (nSPS) is 19.9. The van der Waals surface area contributed by atoms with Gasteiger partial charge in [-0.25, -0.2) is 4.79 Å². The van der Waals surface area contributed by atoms with Gasteiger partial charge in [0.2, 0.25) is 0 Å². The number of carbonyl (C=O) groups is 1. The summed E-state index contributed by atoms with van der Waals surface area (Å²) in [6.45, 7) is 0. The standard InChI is InChI=1S/C10H11N3OS/c1-15-7-4-2-6(3-5-7)8-9(11)13-10(14)12-8/h2-5,8H,1H3,(H3,11,12,13,14). The summed E-state index contributed by atoms with van der Waals surface area (Å²) in [5.41, 5.74) is 0.927. The summed E-state index contributed by atoms with van der Waals surface area (Å²) in [6, 6.07) is 7.19. The number of thioether (sulfide) groups is 1. The molecule has 1 atom stereocenters. The van der Waals surface area contributed by atoms with E-state index in [9.17, 15) is 4.79 Å². The maximum atomic E-state index is 11.0. The predicted molar refractivity (Wildman–Crippen MR) is 60.4 cm³/mol. The summed E-state index contributed by atoms with van der Waals surface area (Å²) in [4.78, 5) is 12.2. The monoisotopic (exact) mass is 221 g/mol. The first kappa shape index (κ1) is 10.0. The third-order valence-corrected chi connectivity index (χ3v) is 3.01. The molecule has 1 fully saturated rings. The smallest absolute Gasteiger partial charge is 0.321 e. The van der Waals surface area contributed by atoms with Gasteiger partial charge in [-0.05, 0) is 24.0 Å². The van der Waals surface area contributed by atoms with Crippen molar-refractivity contribution in [3.8, 4) is 0 Å². The van der Waals surface area contributed by atoms with Gasteiger partial charge in [0, 0.05) is 4.90 Å². The average Bonchev–Trinajstić information content (AvgIpc) is 2.58. The highest BCUT2D eigenvalue weighted by atomic mass is 32.2. The number of nitrogens with one attached hydrogen (secondary N) is 3. The molecule has 1 heterocycles. The van der Waals surface area contributed by atoms with Crippen molar-refractivity contribution in [1.29, 1.82) is 5.41 Å². The van der Waals surface area contributed by atoms with Crippen molar-refractivity contribution in [3.05, 3.63) is 29.8 Å². The number of hydrogen-bond donors (Lipinski definition) is 3. The molecule has 1 saturated heterocycles. The maximum Gasteiger partial charge on any atom is 0.321 e. The minimum Gasteiger partial charge on any atom is -0.324 e. The molecule has 15 heavy (non-hydrogen) atoms. The van der Waals surface area contributed by atoms with Gasteiger partial charge in [0.1, 0.15) is 11.9 Å². The zero-order valence-corrected chi connectivity index (χ0v) is 9.02. The van der Waals surface area contributed by atoms with Crippen LogP contribution < -0.4 is 10.6 Å². The predicted octanol–water partition coefficient (Wildman–Crippen LogP) is 1.74. The van der Waals surface area contributed by atoms with Crippen LogP contribution in [0.15, 0.2) is 29.2 Å². The van der Waals surface area contributed by atoms with Gasteiger partial charge >= 0.3 is 6.03 Å². The van der Waals surface area contributed by atoms with E-state index in [1.165, 1.54) is 4.90 Å². The van der Waals surface area contributed by atoms with Gasteiger partial charge in [-0.2, -0.15) is 0 Å². The highest BCUT2D eigenvalue weighted by molar-refractivity contribution is 7.98. The topological polar surface area (TPSA) is 65.0 Å². The zero-order chi connectivity index (χ0) is 10.8. The Morgan fingerprint density at radius 1 is 1.33 bits per heavy atom. The fourth-order valence-corrected chi connectivity index (χ4v) is 1.89. The van der Waals surface area contributed by atoms with E-state index >= 15 is 0 Å². The Labute approximate surface area is 92.0 Å². The Kier molecular flexibility index (Phi) is 2.64. The van der Waals surface area contributed by atoms with Crippen molar-refractivity contribution in [3.63, 3.8) is 0 Å². The number of hydrogen-bond acceptors (Lipinski definition) is 3. The van der Waals surface area contributed by atoms with Gasteiger partial charge in [-0.3, -0.25) is 10.7 Å². The lowest BCUT2D eigenvalue weighted by Gasteiger charge is -2.09. The largest absolute Gasteiger partial charge is 0.324 e. The van der Waals surface area contributed by atoms with Crippen LogP contribution in [0.5, 0.6) is 0 Å².